The number of rotatable bonds is 4. The van der Waals surface area contributed by atoms with Gasteiger partial charge in [-0.3, -0.25) is 4.98 Å². The summed E-state index contributed by atoms with van der Waals surface area (Å²) in [6.45, 7) is 0.710. The number of hydrogen-bond acceptors (Lipinski definition) is 6. The number of furan rings is 1. The van der Waals surface area contributed by atoms with Gasteiger partial charge in [0.25, 0.3) is 0 Å². The quantitative estimate of drug-likeness (QED) is 0.621. The molecule has 23 heavy (non-hydrogen) atoms. The van der Waals surface area contributed by atoms with Crippen LogP contribution >= 0.6 is 0 Å². The second-order valence-corrected chi connectivity index (χ2v) is 5.09. The summed E-state index contributed by atoms with van der Waals surface area (Å²) >= 11 is 0. The second-order valence-electron chi connectivity index (χ2n) is 5.09. The average Bonchev–Trinajstić information content (AvgIpc) is 3.23. The van der Waals surface area contributed by atoms with Crippen LogP contribution in [0, 0.1) is 0 Å². The van der Waals surface area contributed by atoms with Crippen molar-refractivity contribution in [1.82, 2.24) is 24.5 Å². The molecule has 0 radical (unpaired) electrons. The number of nitrogens with zero attached hydrogens (tertiary/aromatic N) is 5. The molecule has 4 aromatic heterocycles. The Morgan fingerprint density at radius 2 is 2.04 bits per heavy atom. The molecule has 7 heteroatoms. The van der Waals surface area contributed by atoms with Crippen molar-refractivity contribution in [2.45, 2.75) is 13.0 Å². The molecule has 0 unspecified atom stereocenters. The first-order valence-corrected chi connectivity index (χ1v) is 7.23. The summed E-state index contributed by atoms with van der Waals surface area (Å²) in [5.41, 5.74) is 8.84. The predicted molar refractivity (Wildman–Crippen MR) is 85.4 cm³/mol. The lowest BCUT2D eigenvalue weighted by atomic mass is 10.2. The largest absolute Gasteiger partial charge is 0.463 e. The number of nitrogen functional groups attached to an aromatic ring is 1. The SMILES string of the molecule is Nc1nc(-c2ccco2)c2ncn(CCc3ccccn3)c2n1. The van der Waals surface area contributed by atoms with Gasteiger partial charge >= 0.3 is 0 Å². The molecule has 7 nitrogen and oxygen atoms in total. The van der Waals surface area contributed by atoms with Gasteiger partial charge in [0, 0.05) is 24.9 Å². The van der Waals surface area contributed by atoms with Crippen molar-refractivity contribution >= 4 is 17.1 Å². The Hall–Kier alpha value is -3.22. The van der Waals surface area contributed by atoms with Gasteiger partial charge in [-0.1, -0.05) is 6.07 Å². The summed E-state index contributed by atoms with van der Waals surface area (Å²) < 4.78 is 7.37. The monoisotopic (exact) mass is 306 g/mol. The fourth-order valence-electron chi connectivity index (χ4n) is 2.49. The van der Waals surface area contributed by atoms with Crippen LogP contribution in [-0.4, -0.2) is 24.5 Å². The van der Waals surface area contributed by atoms with Gasteiger partial charge in [0.05, 0.1) is 12.6 Å². The Labute approximate surface area is 131 Å². The number of imidazole rings is 1. The van der Waals surface area contributed by atoms with E-state index >= 15 is 0 Å². The number of fused-ring (bicyclic) bond motifs is 1. The molecule has 0 aromatic carbocycles. The molecule has 4 rings (SSSR count). The number of pyridine rings is 1. The van der Waals surface area contributed by atoms with Crippen molar-refractivity contribution in [1.29, 1.82) is 0 Å². The fraction of sp³-hybridized carbons (Fsp3) is 0.125. The summed E-state index contributed by atoms with van der Waals surface area (Å²) in [7, 11) is 0. The van der Waals surface area contributed by atoms with Crippen LogP contribution in [0.1, 0.15) is 5.69 Å². The first-order valence-electron chi connectivity index (χ1n) is 7.23. The molecule has 0 amide bonds. The number of hydrogen-bond donors (Lipinski definition) is 1. The van der Waals surface area contributed by atoms with Crippen LogP contribution in [0.2, 0.25) is 0 Å². The Balaban J connectivity index is 1.72. The highest BCUT2D eigenvalue weighted by Gasteiger charge is 2.15. The van der Waals surface area contributed by atoms with E-state index in [2.05, 4.69) is 19.9 Å². The molecule has 0 bridgehead atoms. The lowest BCUT2D eigenvalue weighted by Crippen LogP contribution is -2.04. The topological polar surface area (TPSA) is 95.7 Å². The van der Waals surface area contributed by atoms with Crippen molar-refractivity contribution in [2.24, 2.45) is 0 Å². The van der Waals surface area contributed by atoms with Crippen LogP contribution in [0.25, 0.3) is 22.6 Å². The Morgan fingerprint density at radius 3 is 2.83 bits per heavy atom. The van der Waals surface area contributed by atoms with E-state index in [-0.39, 0.29) is 5.95 Å². The molecule has 0 saturated heterocycles. The van der Waals surface area contributed by atoms with Crippen molar-refractivity contribution < 1.29 is 4.42 Å². The van der Waals surface area contributed by atoms with Crippen LogP contribution in [0.15, 0.2) is 53.5 Å². The lowest BCUT2D eigenvalue weighted by Gasteiger charge is -2.05. The number of anilines is 1. The van der Waals surface area contributed by atoms with Crippen LogP contribution in [0.4, 0.5) is 5.95 Å². The zero-order valence-electron chi connectivity index (χ0n) is 12.3. The van der Waals surface area contributed by atoms with E-state index < -0.39 is 0 Å². The van der Waals surface area contributed by atoms with Gasteiger partial charge < -0.3 is 14.7 Å². The van der Waals surface area contributed by atoms with Gasteiger partial charge in [0.15, 0.2) is 11.4 Å². The normalized spacial score (nSPS) is 11.1. The van der Waals surface area contributed by atoms with E-state index in [4.69, 9.17) is 10.2 Å². The highest BCUT2D eigenvalue weighted by molar-refractivity contribution is 5.86. The minimum atomic E-state index is 0.198. The van der Waals surface area contributed by atoms with E-state index in [9.17, 15) is 0 Å². The summed E-state index contributed by atoms with van der Waals surface area (Å²) in [4.78, 5) is 17.3. The highest BCUT2D eigenvalue weighted by Crippen LogP contribution is 2.26. The molecular formula is C16H14N6O. The van der Waals surface area contributed by atoms with Crippen molar-refractivity contribution in [3.8, 4) is 11.5 Å². The molecule has 0 atom stereocenters. The molecule has 0 fully saturated rings. The molecule has 114 valence electrons. The molecule has 0 aliphatic heterocycles. The van der Waals surface area contributed by atoms with Gasteiger partial charge in [-0.05, 0) is 24.3 Å². The molecule has 2 N–H and O–H groups in total. The molecule has 0 spiro atoms. The Bertz CT molecular complexity index is 930. The lowest BCUT2D eigenvalue weighted by molar-refractivity contribution is 0.580. The maximum atomic E-state index is 5.85. The second kappa shape index (κ2) is 5.53. The van der Waals surface area contributed by atoms with Crippen LogP contribution in [0.5, 0.6) is 0 Å². The standard InChI is InChI=1S/C16H14N6O/c17-16-20-13(12-5-3-9-23-12)14-15(21-16)22(10-19-14)8-6-11-4-1-2-7-18-11/h1-5,7,9-10H,6,8H2,(H2,17,20,21). The van der Waals surface area contributed by atoms with Gasteiger partial charge in [-0.15, -0.1) is 0 Å². The van der Waals surface area contributed by atoms with E-state index in [1.54, 1.807) is 24.9 Å². The predicted octanol–water partition coefficient (Wildman–Crippen LogP) is 2.31. The Kier molecular flexibility index (Phi) is 3.23. The van der Waals surface area contributed by atoms with E-state index in [0.717, 1.165) is 12.1 Å². The first kappa shape index (κ1) is 13.4. The average molecular weight is 306 g/mol. The van der Waals surface area contributed by atoms with Gasteiger partial charge in [0.2, 0.25) is 5.95 Å². The molecular weight excluding hydrogens is 292 g/mol. The molecule has 0 saturated carbocycles. The molecule has 0 aliphatic carbocycles. The minimum Gasteiger partial charge on any atom is -0.463 e. The smallest absolute Gasteiger partial charge is 0.222 e. The molecule has 4 aromatic rings. The van der Waals surface area contributed by atoms with Gasteiger partial charge in [-0.2, -0.15) is 4.98 Å². The third kappa shape index (κ3) is 2.52. The van der Waals surface area contributed by atoms with E-state index in [1.165, 1.54) is 0 Å². The third-order valence-corrected chi connectivity index (χ3v) is 3.57. The van der Waals surface area contributed by atoms with Gasteiger partial charge in [0.1, 0.15) is 11.2 Å². The minimum absolute atomic E-state index is 0.198. The Morgan fingerprint density at radius 1 is 1.09 bits per heavy atom. The summed E-state index contributed by atoms with van der Waals surface area (Å²) in [6, 6.07) is 9.51. The van der Waals surface area contributed by atoms with E-state index in [0.29, 0.717) is 29.2 Å². The van der Waals surface area contributed by atoms with Crippen molar-refractivity contribution in [3.05, 3.63) is 54.8 Å². The maximum Gasteiger partial charge on any atom is 0.222 e. The number of nitrogens with two attached hydrogens (primary N) is 1. The van der Waals surface area contributed by atoms with Crippen LogP contribution < -0.4 is 5.73 Å². The number of aryl methyl sites for hydroxylation is 2. The summed E-state index contributed by atoms with van der Waals surface area (Å²) in [6.07, 6.45) is 5.91. The first-order chi connectivity index (χ1) is 11.3. The highest BCUT2D eigenvalue weighted by atomic mass is 16.3. The van der Waals surface area contributed by atoms with Crippen LogP contribution in [0.3, 0.4) is 0 Å². The molecule has 0 aliphatic rings. The third-order valence-electron chi connectivity index (χ3n) is 3.57. The van der Waals surface area contributed by atoms with Crippen molar-refractivity contribution in [3.63, 3.8) is 0 Å². The summed E-state index contributed by atoms with van der Waals surface area (Å²) in [5, 5.41) is 0. The van der Waals surface area contributed by atoms with Crippen LogP contribution in [-0.2, 0) is 13.0 Å². The maximum absolute atomic E-state index is 5.85. The summed E-state index contributed by atoms with van der Waals surface area (Å²) in [5.74, 6) is 0.822. The zero-order valence-corrected chi connectivity index (χ0v) is 12.3. The van der Waals surface area contributed by atoms with Gasteiger partial charge in [-0.25, -0.2) is 9.97 Å². The van der Waals surface area contributed by atoms with Crippen molar-refractivity contribution in [2.75, 3.05) is 5.73 Å². The zero-order chi connectivity index (χ0) is 15.6. The van der Waals surface area contributed by atoms with E-state index in [1.807, 2.05) is 28.8 Å². The number of aromatic nitrogens is 5. The molecule has 4 heterocycles. The fourth-order valence-corrected chi connectivity index (χ4v) is 2.49.